The van der Waals surface area contributed by atoms with Crippen LogP contribution < -0.4 is 10.1 Å². The topological polar surface area (TPSA) is 56.2 Å². The van der Waals surface area contributed by atoms with Crippen LogP contribution in [0, 0.1) is 5.92 Å². The Bertz CT molecular complexity index is 1220. The molecular weight excluding hydrogens is 398 g/mol. The molecule has 1 heterocycles. The van der Waals surface area contributed by atoms with Crippen LogP contribution >= 0.6 is 0 Å². The zero-order chi connectivity index (χ0) is 21.8. The van der Waals surface area contributed by atoms with Crippen LogP contribution in [0.3, 0.4) is 0 Å². The van der Waals surface area contributed by atoms with Crippen molar-refractivity contribution in [2.45, 2.75) is 45.2 Å². The minimum Gasteiger partial charge on any atom is -0.491 e. The Kier molecular flexibility index (Phi) is 6.06. The normalized spacial score (nSPS) is 14.6. The number of para-hydroxylation sites is 2. The second-order valence-electron chi connectivity index (χ2n) is 8.55. The van der Waals surface area contributed by atoms with Gasteiger partial charge in [-0.2, -0.15) is 0 Å². The summed E-state index contributed by atoms with van der Waals surface area (Å²) < 4.78 is 8.35. The quantitative estimate of drug-likeness (QED) is 0.426. The Morgan fingerprint density at radius 1 is 0.969 bits per heavy atom. The van der Waals surface area contributed by atoms with Gasteiger partial charge in [0.2, 0.25) is 5.91 Å². The van der Waals surface area contributed by atoms with Crippen molar-refractivity contribution in [3.63, 3.8) is 0 Å². The number of imidazole rings is 1. The summed E-state index contributed by atoms with van der Waals surface area (Å²) >= 11 is 0. The first kappa shape index (κ1) is 20.6. The SMILES string of the molecule is O=C(NCc1nc2ccccc2n1CCOc1cccc2ccccc12)C1CCCCC1. The fourth-order valence-electron chi connectivity index (χ4n) is 4.75. The van der Waals surface area contributed by atoms with E-state index in [1.165, 1.54) is 11.8 Å². The molecule has 1 aromatic heterocycles. The molecule has 0 spiro atoms. The third-order valence-corrected chi connectivity index (χ3v) is 6.45. The summed E-state index contributed by atoms with van der Waals surface area (Å²) in [5.41, 5.74) is 2.01. The average Bonchev–Trinajstić information content (AvgIpc) is 3.20. The molecule has 1 N–H and O–H groups in total. The summed E-state index contributed by atoms with van der Waals surface area (Å²) in [7, 11) is 0. The lowest BCUT2D eigenvalue weighted by Gasteiger charge is -2.20. The van der Waals surface area contributed by atoms with Crippen molar-refractivity contribution < 1.29 is 9.53 Å². The standard InChI is InChI=1S/C27H29N3O2/c31-27(21-10-2-1-3-11-21)28-19-26-29-23-14-6-7-15-24(23)30(26)17-18-32-25-16-8-12-20-9-4-5-13-22(20)25/h4-9,12-16,21H,1-3,10-11,17-19H2,(H,28,31). The van der Waals surface area contributed by atoms with E-state index in [1.54, 1.807) is 0 Å². The zero-order valence-corrected chi connectivity index (χ0v) is 18.3. The highest BCUT2D eigenvalue weighted by atomic mass is 16.5. The summed E-state index contributed by atoms with van der Waals surface area (Å²) in [4.78, 5) is 17.4. The second-order valence-corrected chi connectivity index (χ2v) is 8.55. The van der Waals surface area contributed by atoms with Crippen LogP contribution in [0.5, 0.6) is 5.75 Å². The van der Waals surface area contributed by atoms with Crippen LogP contribution in [-0.4, -0.2) is 22.1 Å². The predicted octanol–water partition coefficient (Wildman–Crippen LogP) is 5.47. The molecule has 1 aliphatic rings. The Balaban J connectivity index is 1.30. The van der Waals surface area contributed by atoms with Gasteiger partial charge in [0.25, 0.3) is 0 Å². The maximum absolute atomic E-state index is 12.6. The zero-order valence-electron chi connectivity index (χ0n) is 18.3. The molecule has 5 rings (SSSR count). The Hall–Kier alpha value is -3.34. The van der Waals surface area contributed by atoms with E-state index < -0.39 is 0 Å². The summed E-state index contributed by atoms with van der Waals surface area (Å²) in [5, 5.41) is 5.43. The Labute approximate surface area is 188 Å². The van der Waals surface area contributed by atoms with Gasteiger partial charge in [-0.15, -0.1) is 0 Å². The number of nitrogens with zero attached hydrogens (tertiary/aromatic N) is 2. The number of benzene rings is 3. The Morgan fingerprint density at radius 2 is 1.75 bits per heavy atom. The predicted molar refractivity (Wildman–Crippen MR) is 128 cm³/mol. The molecule has 4 aromatic rings. The van der Waals surface area contributed by atoms with Gasteiger partial charge in [0, 0.05) is 11.3 Å². The van der Waals surface area contributed by atoms with Gasteiger partial charge in [0.15, 0.2) is 0 Å². The maximum Gasteiger partial charge on any atom is 0.223 e. The first-order chi connectivity index (χ1) is 15.8. The van der Waals surface area contributed by atoms with E-state index in [4.69, 9.17) is 9.72 Å². The van der Waals surface area contributed by atoms with Gasteiger partial charge in [0.05, 0.1) is 24.1 Å². The molecule has 164 valence electrons. The molecule has 5 nitrogen and oxygen atoms in total. The molecule has 0 aliphatic heterocycles. The van der Waals surface area contributed by atoms with Gasteiger partial charge in [-0.1, -0.05) is 67.8 Å². The lowest BCUT2D eigenvalue weighted by Crippen LogP contribution is -2.32. The molecule has 3 aromatic carbocycles. The largest absolute Gasteiger partial charge is 0.491 e. The number of fused-ring (bicyclic) bond motifs is 2. The van der Waals surface area contributed by atoms with E-state index in [1.807, 2.05) is 42.5 Å². The molecule has 32 heavy (non-hydrogen) atoms. The van der Waals surface area contributed by atoms with Crippen molar-refractivity contribution in [3.8, 4) is 5.75 Å². The average molecular weight is 428 g/mol. The molecule has 0 radical (unpaired) electrons. The summed E-state index contributed by atoms with van der Waals surface area (Å²) in [5.74, 6) is 2.07. The van der Waals surface area contributed by atoms with Crippen LogP contribution in [0.4, 0.5) is 0 Å². The van der Waals surface area contributed by atoms with Crippen LogP contribution in [0.1, 0.15) is 37.9 Å². The number of carbonyl (C=O) groups excluding carboxylic acids is 1. The molecule has 1 saturated carbocycles. The number of amides is 1. The summed E-state index contributed by atoms with van der Waals surface area (Å²) in [6, 6.07) is 22.5. The summed E-state index contributed by atoms with van der Waals surface area (Å²) in [6.45, 7) is 1.63. The molecule has 0 unspecified atom stereocenters. The van der Waals surface area contributed by atoms with E-state index in [0.29, 0.717) is 19.7 Å². The number of aromatic nitrogens is 2. The van der Waals surface area contributed by atoms with Crippen LogP contribution in [0.15, 0.2) is 66.7 Å². The van der Waals surface area contributed by atoms with Crippen molar-refractivity contribution in [2.24, 2.45) is 5.92 Å². The Morgan fingerprint density at radius 3 is 2.66 bits per heavy atom. The minimum atomic E-state index is 0.149. The van der Waals surface area contributed by atoms with E-state index in [0.717, 1.165) is 53.7 Å². The molecule has 1 amide bonds. The number of ether oxygens (including phenoxy) is 1. The van der Waals surface area contributed by atoms with Crippen molar-refractivity contribution in [2.75, 3.05) is 6.61 Å². The third-order valence-electron chi connectivity index (χ3n) is 6.45. The third kappa shape index (κ3) is 4.33. The van der Waals surface area contributed by atoms with Gasteiger partial charge in [-0.25, -0.2) is 4.98 Å². The number of hydrogen-bond acceptors (Lipinski definition) is 3. The first-order valence-electron chi connectivity index (χ1n) is 11.6. The van der Waals surface area contributed by atoms with Gasteiger partial charge in [0.1, 0.15) is 18.2 Å². The van der Waals surface area contributed by atoms with Gasteiger partial charge in [-0.3, -0.25) is 4.79 Å². The molecule has 1 aliphatic carbocycles. The number of rotatable bonds is 7. The van der Waals surface area contributed by atoms with Crippen LogP contribution in [0.25, 0.3) is 21.8 Å². The second kappa shape index (κ2) is 9.43. The van der Waals surface area contributed by atoms with Gasteiger partial charge < -0.3 is 14.6 Å². The van der Waals surface area contributed by atoms with E-state index in [2.05, 4.69) is 34.1 Å². The highest BCUT2D eigenvalue weighted by molar-refractivity contribution is 5.88. The lowest BCUT2D eigenvalue weighted by molar-refractivity contribution is -0.126. The first-order valence-corrected chi connectivity index (χ1v) is 11.6. The molecule has 0 saturated heterocycles. The van der Waals surface area contributed by atoms with Crippen molar-refractivity contribution in [1.82, 2.24) is 14.9 Å². The van der Waals surface area contributed by atoms with Gasteiger partial charge in [-0.05, 0) is 36.4 Å². The fourth-order valence-corrected chi connectivity index (χ4v) is 4.75. The molecule has 5 heteroatoms. The highest BCUT2D eigenvalue weighted by Gasteiger charge is 2.21. The van der Waals surface area contributed by atoms with Crippen molar-refractivity contribution in [1.29, 1.82) is 0 Å². The minimum absolute atomic E-state index is 0.149. The monoisotopic (exact) mass is 427 g/mol. The fraction of sp³-hybridized carbons (Fsp3) is 0.333. The maximum atomic E-state index is 12.6. The van der Waals surface area contributed by atoms with Crippen LogP contribution in [0.2, 0.25) is 0 Å². The number of carbonyl (C=O) groups is 1. The van der Waals surface area contributed by atoms with Crippen LogP contribution in [-0.2, 0) is 17.9 Å². The summed E-state index contributed by atoms with van der Waals surface area (Å²) in [6.07, 6.45) is 5.56. The van der Waals surface area contributed by atoms with Crippen molar-refractivity contribution >= 4 is 27.7 Å². The van der Waals surface area contributed by atoms with E-state index in [9.17, 15) is 4.79 Å². The van der Waals surface area contributed by atoms with Crippen molar-refractivity contribution in [3.05, 3.63) is 72.6 Å². The highest BCUT2D eigenvalue weighted by Crippen LogP contribution is 2.26. The van der Waals surface area contributed by atoms with E-state index >= 15 is 0 Å². The molecular formula is C27H29N3O2. The smallest absolute Gasteiger partial charge is 0.223 e. The van der Waals surface area contributed by atoms with Gasteiger partial charge >= 0.3 is 0 Å². The van der Waals surface area contributed by atoms with E-state index in [-0.39, 0.29) is 11.8 Å². The lowest BCUT2D eigenvalue weighted by atomic mass is 9.89. The number of nitrogens with one attached hydrogen (secondary N) is 1. The molecule has 1 fully saturated rings. The number of hydrogen-bond donors (Lipinski definition) is 1. The molecule has 0 atom stereocenters. The molecule has 0 bridgehead atoms.